The molecule has 0 aromatic carbocycles. The molecule has 1 aliphatic heterocycles. The van der Waals surface area contributed by atoms with Gasteiger partial charge in [-0.2, -0.15) is 0 Å². The molecule has 1 aromatic heterocycles. The summed E-state index contributed by atoms with van der Waals surface area (Å²) in [4.78, 5) is 24.0. The van der Waals surface area contributed by atoms with E-state index >= 15 is 0 Å². The molecule has 0 aliphatic carbocycles. The predicted molar refractivity (Wildman–Crippen MR) is 56.3 cm³/mol. The Morgan fingerprint density at radius 2 is 1.93 bits per heavy atom. The maximum Gasteiger partial charge on any atom is 0.259 e. The van der Waals surface area contributed by atoms with E-state index in [0.29, 0.717) is 12.4 Å². The normalized spacial score (nSPS) is 15.1. The van der Waals surface area contributed by atoms with Gasteiger partial charge in [0.25, 0.3) is 11.8 Å². The fourth-order valence-corrected chi connectivity index (χ4v) is 1.53. The highest BCUT2D eigenvalue weighted by Crippen LogP contribution is 2.19. The Hall–Kier alpha value is -2.10. The molecule has 0 atom stereocenters. The van der Waals surface area contributed by atoms with Gasteiger partial charge < -0.3 is 4.57 Å². The van der Waals surface area contributed by atoms with E-state index in [1.54, 1.807) is 29.0 Å². The number of amides is 2. The van der Waals surface area contributed by atoms with Gasteiger partial charge >= 0.3 is 0 Å². The van der Waals surface area contributed by atoms with Gasteiger partial charge in [0.15, 0.2) is 0 Å². The Morgan fingerprint density at radius 1 is 1.27 bits per heavy atom. The average molecular weight is 202 g/mol. The second-order valence-electron chi connectivity index (χ2n) is 3.15. The zero-order valence-corrected chi connectivity index (χ0v) is 8.09. The first-order valence-electron chi connectivity index (χ1n) is 4.56. The first-order valence-corrected chi connectivity index (χ1v) is 4.56. The molecule has 15 heavy (non-hydrogen) atoms. The lowest BCUT2D eigenvalue weighted by atomic mass is 10.5. The largest absolute Gasteiger partial charge is 0.330 e. The van der Waals surface area contributed by atoms with Crippen molar-refractivity contribution in [3.05, 3.63) is 43.1 Å². The highest BCUT2D eigenvalue weighted by Gasteiger charge is 2.26. The molecule has 0 saturated heterocycles. The fraction of sp³-hybridized carbons (Fsp3) is 0.0909. The first kappa shape index (κ1) is 9.45. The molecule has 1 aliphatic rings. The third kappa shape index (κ3) is 1.50. The van der Waals surface area contributed by atoms with Crippen molar-refractivity contribution in [3.8, 4) is 0 Å². The van der Waals surface area contributed by atoms with Crippen LogP contribution in [0.15, 0.2) is 43.1 Å². The van der Waals surface area contributed by atoms with E-state index in [-0.39, 0.29) is 11.8 Å². The summed E-state index contributed by atoms with van der Waals surface area (Å²) in [6.45, 7) is 4.19. The van der Waals surface area contributed by atoms with Crippen LogP contribution in [0.5, 0.6) is 0 Å². The van der Waals surface area contributed by atoms with Crippen LogP contribution in [0.3, 0.4) is 0 Å². The summed E-state index contributed by atoms with van der Waals surface area (Å²) in [5.74, 6) is -0.0251. The van der Waals surface area contributed by atoms with Crippen molar-refractivity contribution >= 4 is 17.6 Å². The summed E-state index contributed by atoms with van der Waals surface area (Å²) >= 11 is 0. The summed E-state index contributed by atoms with van der Waals surface area (Å²) in [5.41, 5.74) is 0. The van der Waals surface area contributed by atoms with Crippen LogP contribution < -0.4 is 4.90 Å². The highest BCUT2D eigenvalue weighted by molar-refractivity contribution is 6.27. The zero-order valence-electron chi connectivity index (χ0n) is 8.09. The Bertz CT molecular complexity index is 439. The van der Waals surface area contributed by atoms with Crippen LogP contribution in [-0.2, 0) is 16.1 Å². The molecule has 0 N–H and O–H groups in total. The molecule has 0 spiro atoms. The van der Waals surface area contributed by atoms with Crippen LogP contribution in [0.2, 0.25) is 0 Å². The molecule has 2 amide bonds. The maximum absolute atomic E-state index is 11.4. The van der Waals surface area contributed by atoms with E-state index < -0.39 is 0 Å². The summed E-state index contributed by atoms with van der Waals surface area (Å²) < 4.78 is 1.79. The number of carbonyl (C=O) groups excluding carboxylic acids is 2. The predicted octanol–water partition coefficient (Wildman–Crippen LogP) is 1.10. The minimum Gasteiger partial charge on any atom is -0.330 e. The molecule has 0 unspecified atom stereocenters. The Labute approximate surface area is 87.1 Å². The Morgan fingerprint density at radius 3 is 2.53 bits per heavy atom. The minimum atomic E-state index is -0.302. The minimum absolute atomic E-state index is 0.302. The number of anilines is 1. The van der Waals surface area contributed by atoms with Gasteiger partial charge in [0, 0.05) is 24.9 Å². The van der Waals surface area contributed by atoms with E-state index in [1.165, 1.54) is 12.2 Å². The van der Waals surface area contributed by atoms with Crippen LogP contribution in [0.25, 0.3) is 0 Å². The van der Waals surface area contributed by atoms with Crippen molar-refractivity contribution in [2.75, 3.05) is 4.90 Å². The molecule has 76 valence electrons. The topological polar surface area (TPSA) is 42.3 Å². The average Bonchev–Trinajstić information content (AvgIpc) is 2.75. The van der Waals surface area contributed by atoms with Gasteiger partial charge in [0.1, 0.15) is 5.82 Å². The molecule has 4 nitrogen and oxygen atoms in total. The van der Waals surface area contributed by atoms with Gasteiger partial charge in [0.05, 0.1) is 0 Å². The van der Waals surface area contributed by atoms with Gasteiger partial charge in [-0.1, -0.05) is 6.08 Å². The number of hydrogen-bond acceptors (Lipinski definition) is 2. The number of imide groups is 1. The summed E-state index contributed by atoms with van der Waals surface area (Å²) in [6, 6.07) is 3.52. The van der Waals surface area contributed by atoms with Crippen molar-refractivity contribution in [1.82, 2.24) is 4.57 Å². The Kier molecular flexibility index (Phi) is 2.25. The molecular formula is C11H10N2O2. The third-order valence-corrected chi connectivity index (χ3v) is 2.17. The number of allylic oxidation sites excluding steroid dienone is 1. The van der Waals surface area contributed by atoms with Gasteiger partial charge in [-0.3, -0.25) is 9.59 Å². The third-order valence-electron chi connectivity index (χ3n) is 2.17. The van der Waals surface area contributed by atoms with Crippen LogP contribution in [0, 0.1) is 0 Å². The summed E-state index contributed by atoms with van der Waals surface area (Å²) in [6.07, 6.45) is 6.05. The summed E-state index contributed by atoms with van der Waals surface area (Å²) in [5, 5.41) is 0. The van der Waals surface area contributed by atoms with E-state index in [2.05, 4.69) is 6.58 Å². The second kappa shape index (κ2) is 3.57. The molecule has 0 saturated carbocycles. The second-order valence-corrected chi connectivity index (χ2v) is 3.15. The number of aromatic nitrogens is 1. The molecular weight excluding hydrogens is 192 g/mol. The standard InChI is InChI=1S/C11H10N2O2/c1-2-7-12-8-3-4-9(12)13-10(14)5-6-11(13)15/h2-6,8H,1,7H2. The lowest BCUT2D eigenvalue weighted by Crippen LogP contribution is -2.31. The monoisotopic (exact) mass is 202 g/mol. The molecule has 0 bridgehead atoms. The number of rotatable bonds is 3. The quantitative estimate of drug-likeness (QED) is 0.544. The fourth-order valence-electron chi connectivity index (χ4n) is 1.53. The van der Waals surface area contributed by atoms with Gasteiger partial charge in [0.2, 0.25) is 0 Å². The molecule has 2 heterocycles. The van der Waals surface area contributed by atoms with Crippen LogP contribution in [-0.4, -0.2) is 16.4 Å². The number of hydrogen-bond donors (Lipinski definition) is 0. The molecule has 1 aromatic rings. The molecule has 0 fully saturated rings. The highest BCUT2D eigenvalue weighted by atomic mass is 16.2. The van der Waals surface area contributed by atoms with Crippen molar-refractivity contribution in [2.24, 2.45) is 0 Å². The van der Waals surface area contributed by atoms with E-state index in [9.17, 15) is 9.59 Å². The van der Waals surface area contributed by atoms with Crippen molar-refractivity contribution in [2.45, 2.75) is 6.54 Å². The van der Waals surface area contributed by atoms with E-state index in [4.69, 9.17) is 0 Å². The van der Waals surface area contributed by atoms with Gasteiger partial charge in [-0.25, -0.2) is 4.90 Å². The molecule has 0 radical (unpaired) electrons. The molecule has 4 heteroatoms. The van der Waals surface area contributed by atoms with Crippen molar-refractivity contribution in [1.29, 1.82) is 0 Å². The number of nitrogens with zero attached hydrogens (tertiary/aromatic N) is 2. The smallest absolute Gasteiger partial charge is 0.259 e. The summed E-state index contributed by atoms with van der Waals surface area (Å²) in [7, 11) is 0. The van der Waals surface area contributed by atoms with Crippen molar-refractivity contribution in [3.63, 3.8) is 0 Å². The van der Waals surface area contributed by atoms with E-state index in [1.807, 2.05) is 0 Å². The SMILES string of the molecule is C=CCn1cccc1N1C(=O)C=CC1=O. The van der Waals surface area contributed by atoms with Gasteiger partial charge in [-0.15, -0.1) is 6.58 Å². The van der Waals surface area contributed by atoms with Crippen molar-refractivity contribution < 1.29 is 9.59 Å². The van der Waals surface area contributed by atoms with E-state index in [0.717, 1.165) is 4.90 Å². The first-order chi connectivity index (χ1) is 7.24. The van der Waals surface area contributed by atoms with Crippen LogP contribution in [0.1, 0.15) is 0 Å². The number of carbonyl (C=O) groups is 2. The Balaban J connectivity index is 2.37. The lowest BCUT2D eigenvalue weighted by molar-refractivity contribution is -0.120. The zero-order chi connectivity index (χ0) is 10.8. The molecule has 2 rings (SSSR count). The van der Waals surface area contributed by atoms with Crippen LogP contribution >= 0.6 is 0 Å². The lowest BCUT2D eigenvalue weighted by Gasteiger charge is -2.15. The van der Waals surface area contributed by atoms with Gasteiger partial charge in [-0.05, 0) is 12.1 Å². The van der Waals surface area contributed by atoms with Crippen LogP contribution in [0.4, 0.5) is 5.82 Å². The maximum atomic E-state index is 11.4.